The molecule has 2 aromatic rings. The summed E-state index contributed by atoms with van der Waals surface area (Å²) in [5, 5.41) is 6.26. The number of ether oxygens (including phenoxy) is 3. The number of esters is 1. The third-order valence-electron chi connectivity index (χ3n) is 5.99. The predicted molar refractivity (Wildman–Crippen MR) is 146 cm³/mol. The molecule has 0 aliphatic heterocycles. The molecule has 0 radical (unpaired) electrons. The van der Waals surface area contributed by atoms with Crippen molar-refractivity contribution >= 4 is 35.0 Å². The molecule has 0 saturated heterocycles. The normalized spacial score (nSPS) is 14.9. The van der Waals surface area contributed by atoms with Crippen LogP contribution in [0.2, 0.25) is 0 Å². The van der Waals surface area contributed by atoms with Crippen molar-refractivity contribution in [2.75, 3.05) is 7.11 Å². The van der Waals surface area contributed by atoms with Crippen molar-refractivity contribution in [2.45, 2.75) is 90.9 Å². The molecule has 1 atom stereocenters. The van der Waals surface area contributed by atoms with E-state index < -0.39 is 41.3 Å². The minimum atomic E-state index is -1.06. The van der Waals surface area contributed by atoms with Gasteiger partial charge in [-0.25, -0.2) is 14.4 Å². The van der Waals surface area contributed by atoms with Gasteiger partial charge < -0.3 is 24.8 Å². The molecule has 10 nitrogen and oxygen atoms in total. The van der Waals surface area contributed by atoms with Gasteiger partial charge in [0.15, 0.2) is 0 Å². The summed E-state index contributed by atoms with van der Waals surface area (Å²) in [4.78, 5) is 51.6. The highest BCUT2D eigenvalue weighted by atomic mass is 16.6. The fourth-order valence-corrected chi connectivity index (χ4v) is 4.38. The van der Waals surface area contributed by atoms with E-state index in [4.69, 9.17) is 14.2 Å². The van der Waals surface area contributed by atoms with Crippen LogP contribution in [0, 0.1) is 0 Å². The number of fused-ring (bicyclic) bond motifs is 1. The maximum Gasteiger partial charge on any atom is 0.419 e. The van der Waals surface area contributed by atoms with Crippen LogP contribution in [0.1, 0.15) is 72.8 Å². The molecule has 2 N–H and O–H groups in total. The first-order chi connectivity index (χ1) is 18.2. The quantitative estimate of drug-likeness (QED) is 0.390. The summed E-state index contributed by atoms with van der Waals surface area (Å²) in [5.41, 5.74) is 0.704. The van der Waals surface area contributed by atoms with Crippen LogP contribution in [0.5, 0.6) is 0 Å². The number of nitrogens with one attached hydrogen (secondary N) is 2. The molecule has 10 heteroatoms. The van der Waals surface area contributed by atoms with E-state index in [1.807, 2.05) is 12.1 Å². The van der Waals surface area contributed by atoms with Crippen LogP contribution in [-0.2, 0) is 30.2 Å². The number of carbonyl (C=O) groups excluding carboxylic acids is 4. The smallest absolute Gasteiger partial charge is 0.419 e. The SMILES string of the molecule is COC(=O)C1=C(NC(=O)[C@H](Cc2cn(C(=O)OC(C)(C)C)c3ccccc23)NC(=O)OC(C)(C)C)CCCC1. The number of para-hydroxylation sites is 1. The molecule has 1 aromatic carbocycles. The molecular weight excluding hydrogens is 502 g/mol. The average Bonchev–Trinajstić information content (AvgIpc) is 3.20. The monoisotopic (exact) mass is 541 g/mol. The second-order valence-corrected chi connectivity index (χ2v) is 11.6. The highest BCUT2D eigenvalue weighted by Gasteiger charge is 2.29. The topological polar surface area (TPSA) is 125 Å². The van der Waals surface area contributed by atoms with Gasteiger partial charge in [0, 0.05) is 23.7 Å². The molecule has 0 spiro atoms. The second kappa shape index (κ2) is 11.9. The lowest BCUT2D eigenvalue weighted by Crippen LogP contribution is -2.49. The summed E-state index contributed by atoms with van der Waals surface area (Å²) < 4.78 is 17.3. The zero-order valence-electron chi connectivity index (χ0n) is 23.8. The van der Waals surface area contributed by atoms with Crippen LogP contribution in [-0.4, -0.2) is 53.0 Å². The Balaban J connectivity index is 1.97. The number of aromatic nitrogens is 1. The minimum absolute atomic E-state index is 0.0578. The summed E-state index contributed by atoms with van der Waals surface area (Å²) in [7, 11) is 1.30. The van der Waals surface area contributed by atoms with Crippen molar-refractivity contribution < 1.29 is 33.4 Å². The van der Waals surface area contributed by atoms with Gasteiger partial charge in [-0.15, -0.1) is 0 Å². The largest absolute Gasteiger partial charge is 0.466 e. The van der Waals surface area contributed by atoms with E-state index in [2.05, 4.69) is 10.6 Å². The molecule has 0 saturated carbocycles. The van der Waals surface area contributed by atoms with Gasteiger partial charge in [-0.05, 0) is 78.9 Å². The Kier molecular flexibility index (Phi) is 9.09. The van der Waals surface area contributed by atoms with E-state index in [9.17, 15) is 19.2 Å². The summed E-state index contributed by atoms with van der Waals surface area (Å²) in [6, 6.07) is 6.20. The molecule has 3 rings (SSSR count). The molecule has 212 valence electrons. The van der Waals surface area contributed by atoms with Gasteiger partial charge in [0.1, 0.15) is 17.2 Å². The van der Waals surface area contributed by atoms with E-state index in [1.54, 1.807) is 59.9 Å². The Morgan fingerprint density at radius 1 is 0.949 bits per heavy atom. The molecule has 1 aromatic heterocycles. The van der Waals surface area contributed by atoms with Crippen molar-refractivity contribution in [3.05, 3.63) is 47.3 Å². The molecule has 0 unspecified atom stereocenters. The van der Waals surface area contributed by atoms with Crippen LogP contribution in [0.15, 0.2) is 41.7 Å². The standard InChI is InChI=1S/C29H39N3O7/c1-28(2,3)38-26(35)31-22(24(33)30-21-14-10-8-13-20(21)25(34)37-7)16-18-17-32(27(36)39-29(4,5)6)23-15-11-9-12-19(18)23/h9,11-12,15,17,22H,8,10,13-14,16H2,1-7H3,(H,30,33)(H,31,35)/t22-/m0/s1. The van der Waals surface area contributed by atoms with Crippen LogP contribution >= 0.6 is 0 Å². The first kappa shape index (κ1) is 29.7. The molecular formula is C29H39N3O7. The van der Waals surface area contributed by atoms with Crippen molar-refractivity contribution in [1.82, 2.24) is 15.2 Å². The van der Waals surface area contributed by atoms with E-state index in [0.29, 0.717) is 35.2 Å². The number of methoxy groups -OCH3 is 1. The summed E-state index contributed by atoms with van der Waals surface area (Å²) >= 11 is 0. The third kappa shape index (κ3) is 8.08. The van der Waals surface area contributed by atoms with Gasteiger partial charge in [0.05, 0.1) is 18.2 Å². The van der Waals surface area contributed by atoms with Crippen LogP contribution in [0.4, 0.5) is 9.59 Å². The summed E-state index contributed by atoms with van der Waals surface area (Å²) in [6.07, 6.45) is 2.99. The van der Waals surface area contributed by atoms with Gasteiger partial charge in [0.25, 0.3) is 0 Å². The molecule has 1 aliphatic carbocycles. The maximum atomic E-state index is 13.6. The highest BCUT2D eigenvalue weighted by Crippen LogP contribution is 2.26. The summed E-state index contributed by atoms with van der Waals surface area (Å²) in [6.45, 7) is 10.5. The average molecular weight is 542 g/mol. The number of benzene rings is 1. The van der Waals surface area contributed by atoms with Gasteiger partial charge >= 0.3 is 18.2 Å². The Hall–Kier alpha value is -3.82. The number of hydrogen-bond donors (Lipinski definition) is 2. The summed E-state index contributed by atoms with van der Waals surface area (Å²) in [5.74, 6) is -0.990. The van der Waals surface area contributed by atoms with Crippen LogP contribution in [0.3, 0.4) is 0 Å². The van der Waals surface area contributed by atoms with E-state index >= 15 is 0 Å². The van der Waals surface area contributed by atoms with Crippen molar-refractivity contribution in [3.8, 4) is 0 Å². The van der Waals surface area contributed by atoms with Gasteiger partial charge in [-0.1, -0.05) is 18.2 Å². The Labute approximate surface area is 229 Å². The number of rotatable bonds is 6. The predicted octanol–water partition coefficient (Wildman–Crippen LogP) is 4.98. The zero-order chi connectivity index (χ0) is 29.0. The number of hydrogen-bond acceptors (Lipinski definition) is 7. The Bertz CT molecular complexity index is 1280. The lowest BCUT2D eigenvalue weighted by atomic mass is 9.95. The third-order valence-corrected chi connectivity index (χ3v) is 5.99. The fraction of sp³-hybridized carbons (Fsp3) is 0.517. The van der Waals surface area contributed by atoms with Crippen molar-refractivity contribution in [2.24, 2.45) is 0 Å². The lowest BCUT2D eigenvalue weighted by molar-refractivity contribution is -0.136. The number of nitrogens with zero attached hydrogens (tertiary/aromatic N) is 1. The highest BCUT2D eigenvalue weighted by molar-refractivity contribution is 5.94. The van der Waals surface area contributed by atoms with Gasteiger partial charge in [-0.2, -0.15) is 0 Å². The Morgan fingerprint density at radius 2 is 1.59 bits per heavy atom. The first-order valence-electron chi connectivity index (χ1n) is 13.1. The lowest BCUT2D eigenvalue weighted by Gasteiger charge is -2.25. The van der Waals surface area contributed by atoms with Gasteiger partial charge in [0.2, 0.25) is 5.91 Å². The minimum Gasteiger partial charge on any atom is -0.466 e. The van der Waals surface area contributed by atoms with Gasteiger partial charge in [-0.3, -0.25) is 9.36 Å². The molecule has 1 aliphatic rings. The second-order valence-electron chi connectivity index (χ2n) is 11.6. The number of allylic oxidation sites excluding steroid dienone is 1. The zero-order valence-corrected chi connectivity index (χ0v) is 23.8. The van der Waals surface area contributed by atoms with E-state index in [-0.39, 0.29) is 6.42 Å². The molecule has 39 heavy (non-hydrogen) atoms. The van der Waals surface area contributed by atoms with E-state index in [0.717, 1.165) is 18.2 Å². The Morgan fingerprint density at radius 3 is 2.23 bits per heavy atom. The maximum absolute atomic E-state index is 13.6. The number of amides is 2. The first-order valence-corrected chi connectivity index (χ1v) is 13.1. The molecule has 2 amide bonds. The fourth-order valence-electron chi connectivity index (χ4n) is 4.38. The number of alkyl carbamates (subject to hydrolysis) is 1. The van der Waals surface area contributed by atoms with Crippen LogP contribution in [0.25, 0.3) is 10.9 Å². The van der Waals surface area contributed by atoms with Crippen LogP contribution < -0.4 is 10.6 Å². The van der Waals surface area contributed by atoms with Crippen molar-refractivity contribution in [1.29, 1.82) is 0 Å². The van der Waals surface area contributed by atoms with Crippen molar-refractivity contribution in [3.63, 3.8) is 0 Å². The molecule has 0 bridgehead atoms. The molecule has 1 heterocycles. The number of carbonyl (C=O) groups is 4. The molecule has 0 fully saturated rings. The van der Waals surface area contributed by atoms with E-state index in [1.165, 1.54) is 11.7 Å².